The fourth-order valence-electron chi connectivity index (χ4n) is 5.83. The minimum absolute atomic E-state index is 0.199. The highest BCUT2D eigenvalue weighted by Crippen LogP contribution is 2.58. The van der Waals surface area contributed by atoms with Gasteiger partial charge in [0, 0.05) is 16.5 Å². The molecule has 2 aromatic rings. The number of benzene rings is 2. The van der Waals surface area contributed by atoms with Gasteiger partial charge in [-0.25, -0.2) is 4.79 Å². The third-order valence-electron chi connectivity index (χ3n) is 7.73. The predicted octanol–water partition coefficient (Wildman–Crippen LogP) is 5.09. The molecular weight excluding hydrogens is 436 g/mol. The van der Waals surface area contributed by atoms with Crippen molar-refractivity contribution in [2.75, 3.05) is 20.8 Å². The molecule has 34 heavy (non-hydrogen) atoms. The van der Waals surface area contributed by atoms with E-state index in [1.54, 1.807) is 20.3 Å². The van der Waals surface area contributed by atoms with Crippen molar-refractivity contribution in [1.82, 2.24) is 0 Å². The molecule has 3 aliphatic rings. The monoisotopic (exact) mass is 466 g/mol. The molecule has 2 aliphatic carbocycles. The Morgan fingerprint density at radius 2 is 1.79 bits per heavy atom. The molecule has 0 spiro atoms. The van der Waals surface area contributed by atoms with Gasteiger partial charge in [-0.1, -0.05) is 25.0 Å². The second kappa shape index (κ2) is 8.85. The number of carboxylic acid groups (broad SMARTS) is 1. The van der Waals surface area contributed by atoms with Crippen LogP contribution in [0.15, 0.2) is 30.3 Å². The number of carbonyl (C=O) groups is 2. The molecule has 1 heterocycles. The van der Waals surface area contributed by atoms with Gasteiger partial charge in [0.05, 0.1) is 32.3 Å². The van der Waals surface area contributed by atoms with Gasteiger partial charge in [0.25, 0.3) is 0 Å². The Morgan fingerprint density at radius 3 is 2.44 bits per heavy atom. The van der Waals surface area contributed by atoms with E-state index in [9.17, 15) is 14.7 Å². The van der Waals surface area contributed by atoms with Gasteiger partial charge in [0.15, 0.2) is 11.5 Å². The van der Waals surface area contributed by atoms with E-state index in [2.05, 4.69) is 0 Å². The third kappa shape index (κ3) is 3.77. The largest absolute Gasteiger partial charge is 0.493 e. The molecule has 0 saturated heterocycles. The van der Waals surface area contributed by atoms with Crippen LogP contribution in [0.1, 0.15) is 54.4 Å². The number of aliphatic carboxylic acids is 1. The summed E-state index contributed by atoms with van der Waals surface area (Å²) in [7, 11) is 3.12. The molecule has 7 heteroatoms. The molecule has 1 N–H and O–H groups in total. The van der Waals surface area contributed by atoms with Crippen molar-refractivity contribution >= 4 is 11.9 Å². The first-order valence-corrected chi connectivity index (χ1v) is 11.9. The Labute approximate surface area is 199 Å². The zero-order valence-electron chi connectivity index (χ0n) is 19.6. The number of hydrogen-bond donors (Lipinski definition) is 1. The third-order valence-corrected chi connectivity index (χ3v) is 7.73. The SMILES string of the molecule is COc1ccc(-c2cccc3c2COC3=O)c(OCC2(C(C(=O)O)C3CCCC3)CC2)c1OC. The van der Waals surface area contributed by atoms with Crippen molar-refractivity contribution in [3.05, 3.63) is 41.5 Å². The highest BCUT2D eigenvalue weighted by Gasteiger charge is 2.56. The summed E-state index contributed by atoms with van der Waals surface area (Å²) in [6.45, 7) is 0.492. The molecular formula is C27H30O7. The van der Waals surface area contributed by atoms with Crippen LogP contribution in [-0.4, -0.2) is 37.9 Å². The van der Waals surface area contributed by atoms with Crippen molar-refractivity contribution in [1.29, 1.82) is 0 Å². The summed E-state index contributed by atoms with van der Waals surface area (Å²) in [6, 6.07) is 9.21. The summed E-state index contributed by atoms with van der Waals surface area (Å²) in [5, 5.41) is 10.1. The number of esters is 1. The highest BCUT2D eigenvalue weighted by atomic mass is 16.5. The molecule has 0 radical (unpaired) electrons. The van der Waals surface area contributed by atoms with Crippen molar-refractivity contribution < 1.29 is 33.6 Å². The fraction of sp³-hybridized carbons (Fsp3) is 0.481. The summed E-state index contributed by atoms with van der Waals surface area (Å²) in [5.74, 6) is 0.220. The molecule has 0 aromatic heterocycles. The molecule has 1 atom stereocenters. The van der Waals surface area contributed by atoms with Crippen LogP contribution < -0.4 is 14.2 Å². The van der Waals surface area contributed by atoms with E-state index in [1.165, 1.54) is 0 Å². The second-order valence-electron chi connectivity index (χ2n) is 9.60. The van der Waals surface area contributed by atoms with Gasteiger partial charge >= 0.3 is 11.9 Å². The van der Waals surface area contributed by atoms with Crippen LogP contribution in [0.4, 0.5) is 0 Å². The Morgan fingerprint density at radius 1 is 1.06 bits per heavy atom. The number of cyclic esters (lactones) is 1. The van der Waals surface area contributed by atoms with E-state index >= 15 is 0 Å². The van der Waals surface area contributed by atoms with E-state index in [4.69, 9.17) is 18.9 Å². The first-order valence-electron chi connectivity index (χ1n) is 11.9. The average Bonchev–Trinajstić information content (AvgIpc) is 3.22. The molecule has 180 valence electrons. The smallest absolute Gasteiger partial charge is 0.338 e. The van der Waals surface area contributed by atoms with Crippen LogP contribution in [0, 0.1) is 17.3 Å². The lowest BCUT2D eigenvalue weighted by Gasteiger charge is -2.29. The van der Waals surface area contributed by atoms with Gasteiger partial charge < -0.3 is 24.1 Å². The number of methoxy groups -OCH3 is 2. The summed E-state index contributed by atoms with van der Waals surface area (Å²) >= 11 is 0. The fourth-order valence-corrected chi connectivity index (χ4v) is 5.83. The maximum absolute atomic E-state index is 12.3. The molecule has 7 nitrogen and oxygen atoms in total. The van der Waals surface area contributed by atoms with E-state index in [-0.39, 0.29) is 23.9 Å². The van der Waals surface area contributed by atoms with E-state index < -0.39 is 11.9 Å². The molecule has 1 aliphatic heterocycles. The first-order chi connectivity index (χ1) is 16.5. The second-order valence-corrected chi connectivity index (χ2v) is 9.60. The Kier molecular flexibility index (Phi) is 5.88. The first kappa shape index (κ1) is 22.6. The Hall–Kier alpha value is -3.22. The van der Waals surface area contributed by atoms with Crippen LogP contribution in [0.5, 0.6) is 17.2 Å². The number of carboxylic acids is 1. The summed E-state index contributed by atoms with van der Waals surface area (Å²) in [6.07, 6.45) is 5.81. The quantitative estimate of drug-likeness (QED) is 0.515. The minimum Gasteiger partial charge on any atom is -0.493 e. The van der Waals surface area contributed by atoms with Crippen molar-refractivity contribution in [2.45, 2.75) is 45.1 Å². The van der Waals surface area contributed by atoms with Crippen LogP contribution in [0.25, 0.3) is 11.1 Å². The minimum atomic E-state index is -0.720. The Bertz CT molecular complexity index is 1110. The normalized spacial score (nSPS) is 19.3. The molecule has 2 aromatic carbocycles. The number of rotatable bonds is 9. The maximum Gasteiger partial charge on any atom is 0.338 e. The zero-order valence-corrected chi connectivity index (χ0v) is 19.6. The molecule has 1 unspecified atom stereocenters. The molecule has 2 saturated carbocycles. The molecule has 5 rings (SSSR count). The highest BCUT2D eigenvalue weighted by molar-refractivity contribution is 5.96. The van der Waals surface area contributed by atoms with Gasteiger partial charge in [0.2, 0.25) is 5.75 Å². The van der Waals surface area contributed by atoms with Gasteiger partial charge in [-0.15, -0.1) is 0 Å². The molecule has 0 bridgehead atoms. The van der Waals surface area contributed by atoms with Crippen molar-refractivity contribution in [3.63, 3.8) is 0 Å². The summed E-state index contributed by atoms with van der Waals surface area (Å²) in [4.78, 5) is 24.4. The summed E-state index contributed by atoms with van der Waals surface area (Å²) in [5.41, 5.74) is 2.57. The van der Waals surface area contributed by atoms with Crippen molar-refractivity contribution in [2.24, 2.45) is 17.3 Å². The number of fused-ring (bicyclic) bond motifs is 1. The molecule has 2 fully saturated rings. The van der Waals surface area contributed by atoms with Crippen LogP contribution in [-0.2, 0) is 16.1 Å². The van der Waals surface area contributed by atoms with Crippen LogP contribution in [0.3, 0.4) is 0 Å². The number of carbonyl (C=O) groups excluding carboxylic acids is 1. The lowest BCUT2D eigenvalue weighted by atomic mass is 9.78. The van der Waals surface area contributed by atoms with E-state index in [0.717, 1.165) is 55.2 Å². The van der Waals surface area contributed by atoms with Crippen LogP contribution >= 0.6 is 0 Å². The van der Waals surface area contributed by atoms with E-state index in [1.807, 2.05) is 24.3 Å². The van der Waals surface area contributed by atoms with Gasteiger partial charge in [-0.05, 0) is 55.4 Å². The predicted molar refractivity (Wildman–Crippen MR) is 124 cm³/mol. The zero-order chi connectivity index (χ0) is 23.9. The number of hydrogen-bond acceptors (Lipinski definition) is 6. The standard InChI is InChI=1S/C27H30O7/c1-31-21-11-10-18(17-8-5-9-19-20(17)14-33-26(19)30)23(24(21)32-2)34-15-27(12-13-27)22(25(28)29)16-6-3-4-7-16/h5,8-11,16,22H,3-4,6-7,12-15H2,1-2H3,(H,28,29). The van der Waals surface area contributed by atoms with Gasteiger partial charge in [0.1, 0.15) is 6.61 Å². The Balaban J connectivity index is 1.53. The average molecular weight is 467 g/mol. The van der Waals surface area contributed by atoms with E-state index in [0.29, 0.717) is 29.4 Å². The number of ether oxygens (including phenoxy) is 4. The lowest BCUT2D eigenvalue weighted by Crippen LogP contribution is -2.35. The maximum atomic E-state index is 12.3. The van der Waals surface area contributed by atoms with Gasteiger partial charge in [-0.3, -0.25) is 4.79 Å². The van der Waals surface area contributed by atoms with Crippen LogP contribution in [0.2, 0.25) is 0 Å². The topological polar surface area (TPSA) is 91.3 Å². The van der Waals surface area contributed by atoms with Gasteiger partial charge in [-0.2, -0.15) is 0 Å². The molecule has 0 amide bonds. The summed E-state index contributed by atoms with van der Waals surface area (Å²) < 4.78 is 22.9. The lowest BCUT2D eigenvalue weighted by molar-refractivity contribution is -0.147. The van der Waals surface area contributed by atoms with Crippen molar-refractivity contribution in [3.8, 4) is 28.4 Å².